The molecule has 0 saturated carbocycles. The van der Waals surface area contributed by atoms with Crippen molar-refractivity contribution in [1.82, 2.24) is 9.88 Å². The summed E-state index contributed by atoms with van der Waals surface area (Å²) in [5.41, 5.74) is 1.94. The van der Waals surface area contributed by atoms with E-state index in [1.807, 2.05) is 63.5 Å². The first-order valence-electron chi connectivity index (χ1n) is 8.64. The Morgan fingerprint density at radius 3 is 2.50 bits per heavy atom. The lowest BCUT2D eigenvalue weighted by Crippen LogP contribution is -2.37. The summed E-state index contributed by atoms with van der Waals surface area (Å²) in [4.78, 5) is 22.7. The smallest absolute Gasteiger partial charge is 0.239 e. The molecule has 28 heavy (non-hydrogen) atoms. The van der Waals surface area contributed by atoms with E-state index in [-0.39, 0.29) is 18.3 Å². The number of thioether (sulfide) groups is 1. The normalized spacial score (nSPS) is 10.9. The molecule has 0 fully saturated rings. The lowest BCUT2D eigenvalue weighted by Gasteiger charge is -2.21. The molecule has 0 unspecified atom stereocenters. The van der Waals surface area contributed by atoms with Gasteiger partial charge in [-0.05, 0) is 44.8 Å². The molecule has 0 radical (unpaired) electrons. The fraction of sp³-hybridized carbons (Fsp3) is 0.300. The number of rotatable bonds is 7. The van der Waals surface area contributed by atoms with Crippen LogP contribution >= 0.6 is 47.1 Å². The molecule has 1 heterocycles. The standard InChI is InChI=1S/C20H22ClN3OS2.ClH/c1-14-9-10-16(21)19-18(14)22-20(27-19)24(12-11-23(2)3)17(25)13-26-15-7-5-4-6-8-15;/h4-10H,11-13H2,1-3H3;1H. The molecule has 1 aromatic heterocycles. The van der Waals surface area contributed by atoms with Gasteiger partial charge in [0.05, 0.1) is 21.0 Å². The summed E-state index contributed by atoms with van der Waals surface area (Å²) in [5.74, 6) is 0.429. The van der Waals surface area contributed by atoms with Crippen LogP contribution in [-0.2, 0) is 4.79 Å². The third kappa shape index (κ3) is 5.61. The number of hydrogen-bond acceptors (Lipinski definition) is 5. The molecule has 0 spiro atoms. The minimum Gasteiger partial charge on any atom is -0.308 e. The third-order valence-electron chi connectivity index (χ3n) is 4.09. The summed E-state index contributed by atoms with van der Waals surface area (Å²) in [6.45, 7) is 3.38. The van der Waals surface area contributed by atoms with Crippen molar-refractivity contribution in [3.8, 4) is 0 Å². The fourth-order valence-corrected chi connectivity index (χ4v) is 4.73. The summed E-state index contributed by atoms with van der Waals surface area (Å²) in [6, 6.07) is 13.8. The molecule has 0 N–H and O–H groups in total. The predicted molar refractivity (Wildman–Crippen MR) is 125 cm³/mol. The van der Waals surface area contributed by atoms with Crippen LogP contribution in [0.3, 0.4) is 0 Å². The first-order chi connectivity index (χ1) is 13.0. The van der Waals surface area contributed by atoms with Gasteiger partial charge in [0.15, 0.2) is 5.13 Å². The highest BCUT2D eigenvalue weighted by Crippen LogP contribution is 2.36. The van der Waals surface area contributed by atoms with E-state index in [9.17, 15) is 4.79 Å². The average Bonchev–Trinajstić information content (AvgIpc) is 3.10. The van der Waals surface area contributed by atoms with Gasteiger partial charge in [0, 0.05) is 18.0 Å². The summed E-state index contributed by atoms with van der Waals surface area (Å²) in [5, 5.41) is 1.39. The topological polar surface area (TPSA) is 36.4 Å². The summed E-state index contributed by atoms with van der Waals surface area (Å²) >= 11 is 9.38. The SMILES string of the molecule is Cc1ccc(Cl)c2sc(N(CCN(C)C)C(=O)CSc3ccccc3)nc12.Cl. The van der Waals surface area contributed by atoms with Crippen LogP contribution in [0.15, 0.2) is 47.4 Å². The minimum atomic E-state index is 0. The first-order valence-corrected chi connectivity index (χ1v) is 10.8. The van der Waals surface area contributed by atoms with Gasteiger partial charge in [-0.3, -0.25) is 9.69 Å². The van der Waals surface area contributed by atoms with Crippen molar-refractivity contribution in [1.29, 1.82) is 0 Å². The van der Waals surface area contributed by atoms with Gasteiger partial charge in [0.2, 0.25) is 5.91 Å². The number of fused-ring (bicyclic) bond motifs is 1. The van der Waals surface area contributed by atoms with E-state index < -0.39 is 0 Å². The van der Waals surface area contributed by atoms with Crippen molar-refractivity contribution in [3.05, 3.63) is 53.1 Å². The maximum atomic E-state index is 13.0. The zero-order valence-electron chi connectivity index (χ0n) is 16.0. The quantitative estimate of drug-likeness (QED) is 0.448. The number of nitrogens with zero attached hydrogens (tertiary/aromatic N) is 3. The van der Waals surface area contributed by atoms with E-state index >= 15 is 0 Å². The highest BCUT2D eigenvalue weighted by molar-refractivity contribution is 8.00. The molecular weight excluding hydrogens is 433 g/mol. The number of amides is 1. The first kappa shape index (κ1) is 23.0. The van der Waals surface area contributed by atoms with Gasteiger partial charge in [-0.15, -0.1) is 24.2 Å². The van der Waals surface area contributed by atoms with Gasteiger partial charge >= 0.3 is 0 Å². The third-order valence-corrected chi connectivity index (χ3v) is 6.63. The van der Waals surface area contributed by atoms with Crippen molar-refractivity contribution < 1.29 is 4.79 Å². The van der Waals surface area contributed by atoms with Crippen LogP contribution in [0, 0.1) is 6.92 Å². The maximum absolute atomic E-state index is 13.0. The molecule has 150 valence electrons. The second-order valence-corrected chi connectivity index (χ2v) is 8.92. The Balaban J connectivity index is 0.00000280. The van der Waals surface area contributed by atoms with Gasteiger partial charge in [-0.25, -0.2) is 4.98 Å². The second kappa shape index (κ2) is 10.5. The van der Waals surface area contributed by atoms with Crippen LogP contribution in [-0.4, -0.2) is 48.7 Å². The van der Waals surface area contributed by atoms with Gasteiger partial charge < -0.3 is 4.90 Å². The molecule has 0 saturated heterocycles. The van der Waals surface area contributed by atoms with E-state index in [4.69, 9.17) is 16.6 Å². The molecule has 0 atom stereocenters. The Hall–Kier alpha value is -1.31. The summed E-state index contributed by atoms with van der Waals surface area (Å²) in [7, 11) is 4.00. The average molecular weight is 456 g/mol. The Morgan fingerprint density at radius 1 is 1.14 bits per heavy atom. The molecule has 1 amide bonds. The Kier molecular flexibility index (Phi) is 8.58. The zero-order valence-corrected chi connectivity index (χ0v) is 19.2. The van der Waals surface area contributed by atoms with Crippen molar-refractivity contribution in [2.24, 2.45) is 0 Å². The predicted octanol–water partition coefficient (Wildman–Crippen LogP) is 5.37. The number of likely N-dealkylation sites (N-methyl/N-ethyl adjacent to an activating group) is 1. The highest BCUT2D eigenvalue weighted by Gasteiger charge is 2.21. The van der Waals surface area contributed by atoms with Crippen LogP contribution in [0.5, 0.6) is 0 Å². The molecule has 0 bridgehead atoms. The molecule has 4 nitrogen and oxygen atoms in total. The van der Waals surface area contributed by atoms with E-state index in [2.05, 4.69) is 4.90 Å². The summed E-state index contributed by atoms with van der Waals surface area (Å²) in [6.07, 6.45) is 0. The molecule has 0 aliphatic heterocycles. The number of aromatic nitrogens is 1. The zero-order chi connectivity index (χ0) is 19.4. The number of anilines is 1. The van der Waals surface area contributed by atoms with E-state index in [1.54, 1.807) is 16.7 Å². The van der Waals surface area contributed by atoms with E-state index in [0.717, 1.165) is 27.2 Å². The molecule has 3 rings (SSSR count). The van der Waals surface area contributed by atoms with Crippen molar-refractivity contribution in [2.75, 3.05) is 37.8 Å². The number of carbonyl (C=O) groups excluding carboxylic acids is 1. The number of aryl methyl sites for hydroxylation is 1. The number of benzene rings is 2. The van der Waals surface area contributed by atoms with Gasteiger partial charge in [-0.2, -0.15) is 0 Å². The summed E-state index contributed by atoms with van der Waals surface area (Å²) < 4.78 is 0.935. The number of thiazole rings is 1. The number of carbonyl (C=O) groups is 1. The lowest BCUT2D eigenvalue weighted by molar-refractivity contribution is -0.116. The largest absolute Gasteiger partial charge is 0.308 e. The molecule has 2 aromatic carbocycles. The molecule has 0 aliphatic rings. The van der Waals surface area contributed by atoms with Gasteiger partial charge in [0.1, 0.15) is 0 Å². The van der Waals surface area contributed by atoms with Crippen LogP contribution in [0.25, 0.3) is 10.2 Å². The highest BCUT2D eigenvalue weighted by atomic mass is 35.5. The Bertz CT molecular complexity index is 893. The second-order valence-electron chi connectivity index (χ2n) is 6.49. The van der Waals surface area contributed by atoms with Crippen molar-refractivity contribution in [2.45, 2.75) is 11.8 Å². The van der Waals surface area contributed by atoms with Crippen LogP contribution in [0.2, 0.25) is 5.02 Å². The van der Waals surface area contributed by atoms with Crippen molar-refractivity contribution >= 4 is 68.4 Å². The van der Waals surface area contributed by atoms with Crippen LogP contribution in [0.4, 0.5) is 5.13 Å². The molecular formula is C20H23Cl2N3OS2. The van der Waals surface area contributed by atoms with Gasteiger partial charge in [-0.1, -0.05) is 47.2 Å². The molecule has 3 aromatic rings. The maximum Gasteiger partial charge on any atom is 0.239 e. The van der Waals surface area contributed by atoms with Crippen LogP contribution in [0.1, 0.15) is 5.56 Å². The van der Waals surface area contributed by atoms with Crippen molar-refractivity contribution in [3.63, 3.8) is 0 Å². The number of halogens is 2. The monoisotopic (exact) mass is 455 g/mol. The lowest BCUT2D eigenvalue weighted by atomic mass is 10.2. The molecule has 0 aliphatic carbocycles. The minimum absolute atomic E-state index is 0. The Labute approximate surface area is 185 Å². The van der Waals surface area contributed by atoms with Gasteiger partial charge in [0.25, 0.3) is 0 Å². The number of hydrogen-bond donors (Lipinski definition) is 0. The van der Waals surface area contributed by atoms with E-state index in [0.29, 0.717) is 22.5 Å². The Morgan fingerprint density at radius 2 is 1.86 bits per heavy atom. The fourth-order valence-electron chi connectivity index (χ4n) is 2.57. The van der Waals surface area contributed by atoms with Crippen LogP contribution < -0.4 is 4.90 Å². The molecule has 8 heteroatoms. The van der Waals surface area contributed by atoms with E-state index in [1.165, 1.54) is 11.3 Å².